The monoisotopic (exact) mass is 539 g/mol. The second-order valence-corrected chi connectivity index (χ2v) is 11.0. The van der Waals surface area contributed by atoms with Crippen molar-refractivity contribution >= 4 is 17.9 Å². The number of hydrogen-bond acceptors (Lipinski definition) is 4. The molecule has 0 atom stereocenters. The molecule has 0 fully saturated rings. The van der Waals surface area contributed by atoms with Crippen LogP contribution in [0.3, 0.4) is 0 Å². The maximum Gasteiger partial charge on any atom is 0.309 e. The number of nitrogens with zero attached hydrogens (tertiary/aromatic N) is 1. The molecule has 222 valence electrons. The van der Waals surface area contributed by atoms with Gasteiger partial charge in [-0.25, -0.2) is 0 Å². The van der Waals surface area contributed by atoms with Crippen LogP contribution in [0.2, 0.25) is 0 Å². The molecule has 0 aliphatic carbocycles. The standard InChI is InChI=1S/C31H57NO6/c1-2-3-4-5-6-7-8-9-10-11-12-13-14-15-16-17-18-19-20-21-25-32(26-22-29(33)34,27-23-30(35)36)28-24-31(37)38/h5-6H,2-4,7-28H2,1H3,(H2-,33,34,35,36,37,38)/b6-5+. The topological polar surface area (TPSA) is 115 Å². The quantitative estimate of drug-likeness (QED) is 0.0638. The van der Waals surface area contributed by atoms with Crippen molar-refractivity contribution in [3.63, 3.8) is 0 Å². The van der Waals surface area contributed by atoms with Gasteiger partial charge in [-0.3, -0.25) is 9.59 Å². The third-order valence-corrected chi connectivity index (χ3v) is 7.53. The summed E-state index contributed by atoms with van der Waals surface area (Å²) in [5, 5.41) is 29.3. The number of carboxylic acid groups (broad SMARTS) is 3. The molecule has 0 unspecified atom stereocenters. The summed E-state index contributed by atoms with van der Waals surface area (Å²) in [4.78, 5) is 33.3. The first kappa shape index (κ1) is 36.1. The first-order chi connectivity index (χ1) is 18.3. The highest BCUT2D eigenvalue weighted by atomic mass is 16.4. The predicted octanol–water partition coefficient (Wildman–Crippen LogP) is 6.49. The molecule has 7 heteroatoms. The number of carbonyl (C=O) groups is 3. The average Bonchev–Trinajstić information content (AvgIpc) is 2.88. The van der Waals surface area contributed by atoms with E-state index in [1.165, 1.54) is 96.3 Å². The lowest BCUT2D eigenvalue weighted by Crippen LogP contribution is -2.53. The van der Waals surface area contributed by atoms with E-state index in [4.69, 9.17) is 10.2 Å². The molecule has 0 heterocycles. The molecule has 0 rings (SSSR count). The Morgan fingerprint density at radius 1 is 0.553 bits per heavy atom. The summed E-state index contributed by atoms with van der Waals surface area (Å²) >= 11 is 0. The molecule has 0 amide bonds. The summed E-state index contributed by atoms with van der Waals surface area (Å²) in [6.45, 7) is 3.58. The molecule has 2 N–H and O–H groups in total. The molecule has 0 aromatic carbocycles. The van der Waals surface area contributed by atoms with E-state index in [0.29, 0.717) is 6.54 Å². The second-order valence-electron chi connectivity index (χ2n) is 11.0. The van der Waals surface area contributed by atoms with Crippen molar-refractivity contribution in [2.75, 3.05) is 26.2 Å². The molecule has 38 heavy (non-hydrogen) atoms. The molecule has 0 aromatic heterocycles. The number of allylic oxidation sites excluding steroid dienone is 2. The van der Waals surface area contributed by atoms with Gasteiger partial charge in [0, 0.05) is 12.4 Å². The smallest absolute Gasteiger partial charge is 0.309 e. The van der Waals surface area contributed by atoms with E-state index in [9.17, 15) is 19.5 Å². The highest BCUT2D eigenvalue weighted by Crippen LogP contribution is 2.17. The minimum absolute atomic E-state index is 0.0938. The third-order valence-electron chi connectivity index (χ3n) is 7.53. The summed E-state index contributed by atoms with van der Waals surface area (Å²) in [5.74, 6) is -3.07. The van der Waals surface area contributed by atoms with Crippen molar-refractivity contribution in [1.82, 2.24) is 0 Å². The number of aliphatic carboxylic acids is 3. The molecule has 0 aliphatic heterocycles. The first-order valence-electron chi connectivity index (χ1n) is 15.4. The number of carboxylic acids is 3. The largest absolute Gasteiger partial charge is 0.550 e. The van der Waals surface area contributed by atoms with Crippen LogP contribution in [0.1, 0.15) is 142 Å². The fraction of sp³-hybridized carbons (Fsp3) is 0.839. The van der Waals surface area contributed by atoms with Crippen LogP contribution in [0.5, 0.6) is 0 Å². The van der Waals surface area contributed by atoms with Gasteiger partial charge in [-0.15, -0.1) is 0 Å². The fourth-order valence-corrected chi connectivity index (χ4v) is 5.05. The minimum Gasteiger partial charge on any atom is -0.550 e. The lowest BCUT2D eigenvalue weighted by Gasteiger charge is -2.38. The fourth-order valence-electron chi connectivity index (χ4n) is 5.05. The van der Waals surface area contributed by atoms with Crippen molar-refractivity contribution in [1.29, 1.82) is 0 Å². The first-order valence-corrected chi connectivity index (χ1v) is 15.4. The van der Waals surface area contributed by atoms with Crippen LogP contribution in [0.4, 0.5) is 0 Å². The van der Waals surface area contributed by atoms with E-state index < -0.39 is 17.9 Å². The van der Waals surface area contributed by atoms with Gasteiger partial charge in [-0.2, -0.15) is 0 Å². The SMILES string of the molecule is CCCC/C=C/CCCCCCCCCCCCCCCC[N+](CCC(=O)[O-])(CCC(=O)O)CCC(=O)O. The molecule has 0 bridgehead atoms. The lowest BCUT2D eigenvalue weighted by atomic mass is 10.0. The summed E-state index contributed by atoms with van der Waals surface area (Å²) in [6.07, 6.45) is 26.7. The van der Waals surface area contributed by atoms with Crippen LogP contribution in [0, 0.1) is 0 Å². The van der Waals surface area contributed by atoms with Gasteiger partial charge in [0.25, 0.3) is 0 Å². The van der Waals surface area contributed by atoms with Crippen molar-refractivity contribution in [2.24, 2.45) is 0 Å². The van der Waals surface area contributed by atoms with E-state index in [2.05, 4.69) is 19.1 Å². The normalized spacial score (nSPS) is 11.8. The Bertz CT molecular complexity index is 588. The molecular weight excluding hydrogens is 482 g/mol. The molecule has 0 aromatic rings. The predicted molar refractivity (Wildman–Crippen MR) is 152 cm³/mol. The zero-order valence-electron chi connectivity index (χ0n) is 24.3. The highest BCUT2D eigenvalue weighted by Gasteiger charge is 2.28. The maximum absolute atomic E-state index is 11.1. The molecule has 0 saturated carbocycles. The summed E-state index contributed by atoms with van der Waals surface area (Å²) < 4.78 is 0.225. The Morgan fingerprint density at radius 2 is 0.921 bits per heavy atom. The average molecular weight is 540 g/mol. The minimum atomic E-state index is -1.18. The number of rotatable bonds is 29. The Labute approximate surface area is 232 Å². The van der Waals surface area contributed by atoms with Crippen molar-refractivity contribution in [2.45, 2.75) is 142 Å². The van der Waals surface area contributed by atoms with E-state index >= 15 is 0 Å². The van der Waals surface area contributed by atoms with Crippen molar-refractivity contribution < 1.29 is 34.2 Å². The van der Waals surface area contributed by atoms with Gasteiger partial charge in [0.1, 0.15) is 0 Å². The van der Waals surface area contributed by atoms with Gasteiger partial charge < -0.3 is 24.6 Å². The molecular formula is C31H57NO6. The number of carbonyl (C=O) groups excluding carboxylic acids is 1. The Balaban J connectivity index is 3.88. The van der Waals surface area contributed by atoms with Gasteiger partial charge in [0.05, 0.1) is 39.0 Å². The highest BCUT2D eigenvalue weighted by molar-refractivity contribution is 5.67. The maximum atomic E-state index is 11.1. The number of unbranched alkanes of at least 4 members (excludes halogenated alkanes) is 16. The number of quaternary nitrogens is 1. The van der Waals surface area contributed by atoms with E-state index in [-0.39, 0.29) is 43.4 Å². The lowest BCUT2D eigenvalue weighted by molar-refractivity contribution is -0.927. The molecule has 7 nitrogen and oxygen atoms in total. The second kappa shape index (κ2) is 25.4. The Kier molecular flexibility index (Phi) is 24.1. The molecule has 0 saturated heterocycles. The van der Waals surface area contributed by atoms with Gasteiger partial charge in [0.2, 0.25) is 0 Å². The number of hydrogen-bond donors (Lipinski definition) is 2. The zero-order valence-corrected chi connectivity index (χ0v) is 24.3. The van der Waals surface area contributed by atoms with Crippen molar-refractivity contribution in [3.8, 4) is 0 Å². The van der Waals surface area contributed by atoms with Gasteiger partial charge >= 0.3 is 11.9 Å². The Morgan fingerprint density at radius 3 is 1.32 bits per heavy atom. The van der Waals surface area contributed by atoms with Gasteiger partial charge in [-0.05, 0) is 32.1 Å². The van der Waals surface area contributed by atoms with E-state index in [1.54, 1.807) is 0 Å². The van der Waals surface area contributed by atoms with Crippen LogP contribution < -0.4 is 5.11 Å². The van der Waals surface area contributed by atoms with Crippen LogP contribution >= 0.6 is 0 Å². The van der Waals surface area contributed by atoms with Gasteiger partial charge in [-0.1, -0.05) is 103 Å². The van der Waals surface area contributed by atoms with Gasteiger partial charge in [0.15, 0.2) is 0 Å². The third kappa shape index (κ3) is 24.4. The van der Waals surface area contributed by atoms with Crippen LogP contribution in [-0.4, -0.2) is 58.8 Å². The van der Waals surface area contributed by atoms with E-state index in [0.717, 1.165) is 19.3 Å². The summed E-state index contributed by atoms with van der Waals surface area (Å²) in [6, 6.07) is 0. The summed E-state index contributed by atoms with van der Waals surface area (Å²) in [5.41, 5.74) is 0. The summed E-state index contributed by atoms with van der Waals surface area (Å²) in [7, 11) is 0. The van der Waals surface area contributed by atoms with Crippen LogP contribution in [-0.2, 0) is 14.4 Å². The van der Waals surface area contributed by atoms with Crippen molar-refractivity contribution in [3.05, 3.63) is 12.2 Å². The molecule has 0 radical (unpaired) electrons. The zero-order chi connectivity index (χ0) is 28.3. The molecule has 0 aliphatic rings. The van der Waals surface area contributed by atoms with E-state index in [1.807, 2.05) is 0 Å². The van der Waals surface area contributed by atoms with Crippen LogP contribution in [0.15, 0.2) is 12.2 Å². The molecule has 0 spiro atoms. The van der Waals surface area contributed by atoms with Crippen LogP contribution in [0.25, 0.3) is 0 Å². The Hall–Kier alpha value is -1.89.